The molecule has 0 fully saturated rings. The monoisotopic (exact) mass is 584 g/mol. The summed E-state index contributed by atoms with van der Waals surface area (Å²) in [7, 11) is 0. The summed E-state index contributed by atoms with van der Waals surface area (Å²) in [6.07, 6.45) is 1.71. The Kier molecular flexibility index (Phi) is 8.34. The second kappa shape index (κ2) is 11.5. The second-order valence-corrected chi connectivity index (χ2v) is 10.5. The van der Waals surface area contributed by atoms with Gasteiger partial charge in [-0.2, -0.15) is 0 Å². The van der Waals surface area contributed by atoms with E-state index in [2.05, 4.69) is 20.9 Å². The zero-order chi connectivity index (χ0) is 26.7. The summed E-state index contributed by atoms with van der Waals surface area (Å²) in [6, 6.07) is 12.4. The zero-order valence-corrected chi connectivity index (χ0v) is 23.8. The van der Waals surface area contributed by atoms with Crippen molar-refractivity contribution in [3.63, 3.8) is 0 Å². The van der Waals surface area contributed by atoms with Crippen LogP contribution in [0.15, 0.2) is 68.0 Å². The molecular weight excluding hydrogens is 556 g/mol. The van der Waals surface area contributed by atoms with Crippen LogP contribution < -0.4 is 24.4 Å². The third-order valence-corrected chi connectivity index (χ3v) is 7.13. The van der Waals surface area contributed by atoms with Crippen LogP contribution in [0.25, 0.3) is 6.08 Å². The number of aromatic nitrogens is 1. The summed E-state index contributed by atoms with van der Waals surface area (Å²) in [6.45, 7) is 10.0. The quantitative estimate of drug-likeness (QED) is 0.357. The number of thiazole rings is 1. The number of hydrogen-bond donors (Lipinski definition) is 0. The van der Waals surface area contributed by atoms with Gasteiger partial charge in [-0.25, -0.2) is 9.79 Å². The van der Waals surface area contributed by atoms with Gasteiger partial charge in [0.25, 0.3) is 5.56 Å². The van der Waals surface area contributed by atoms with Crippen LogP contribution in [-0.4, -0.2) is 29.9 Å². The van der Waals surface area contributed by atoms with Crippen LogP contribution in [-0.2, 0) is 9.53 Å². The fourth-order valence-electron chi connectivity index (χ4n) is 4.21. The highest BCUT2D eigenvalue weighted by Crippen LogP contribution is 2.36. The third-order valence-electron chi connectivity index (χ3n) is 5.65. The molecule has 1 aromatic heterocycles. The molecule has 0 amide bonds. The molecule has 0 aliphatic carbocycles. The van der Waals surface area contributed by atoms with Crippen LogP contribution in [0.3, 0.4) is 0 Å². The number of fused-ring (bicyclic) bond motifs is 1. The van der Waals surface area contributed by atoms with Gasteiger partial charge in [0, 0.05) is 15.6 Å². The number of carbonyl (C=O) groups is 1. The normalized spacial score (nSPS) is 15.4. The van der Waals surface area contributed by atoms with Crippen molar-refractivity contribution in [3.05, 3.63) is 89.0 Å². The number of hydrogen-bond acceptors (Lipinski definition) is 7. The summed E-state index contributed by atoms with van der Waals surface area (Å²) >= 11 is 4.77. The number of nitrogens with zero attached hydrogens (tertiary/aromatic N) is 2. The van der Waals surface area contributed by atoms with Gasteiger partial charge in [-0.3, -0.25) is 9.36 Å². The number of rotatable bonds is 8. The maximum atomic E-state index is 13.9. The van der Waals surface area contributed by atoms with Crippen LogP contribution in [0.1, 0.15) is 51.8 Å². The standard InChI is InChI=1S/C28H29BrN2O5S/c1-6-34-21-13-12-19(29)14-18(21)15-23-26(32)31-25(20-10-8-9-11-22(20)36-16(3)4)24(27(33)35-7-2)17(5)30-28(31)37-23/h8-16,25H,6-7H2,1-5H3/b23-15-/t25-/m1/s1. The highest BCUT2D eigenvalue weighted by atomic mass is 79.9. The van der Waals surface area contributed by atoms with Gasteiger partial charge in [0.2, 0.25) is 0 Å². The first-order valence-electron chi connectivity index (χ1n) is 12.1. The van der Waals surface area contributed by atoms with Crippen molar-refractivity contribution in [2.45, 2.75) is 46.8 Å². The molecule has 0 N–H and O–H groups in total. The van der Waals surface area contributed by atoms with Crippen LogP contribution in [0.4, 0.5) is 0 Å². The zero-order valence-electron chi connectivity index (χ0n) is 21.4. The molecule has 4 rings (SSSR count). The lowest BCUT2D eigenvalue weighted by Crippen LogP contribution is -2.40. The lowest BCUT2D eigenvalue weighted by molar-refractivity contribution is -0.139. The van der Waals surface area contributed by atoms with E-state index in [0.29, 0.717) is 44.3 Å². The predicted molar refractivity (Wildman–Crippen MR) is 148 cm³/mol. The van der Waals surface area contributed by atoms with E-state index in [1.807, 2.05) is 63.2 Å². The average molecular weight is 586 g/mol. The Morgan fingerprint density at radius 1 is 1.16 bits per heavy atom. The largest absolute Gasteiger partial charge is 0.493 e. The van der Waals surface area contributed by atoms with Crippen molar-refractivity contribution in [2.24, 2.45) is 4.99 Å². The molecule has 2 heterocycles. The Morgan fingerprint density at radius 2 is 1.92 bits per heavy atom. The molecular formula is C28H29BrN2O5S. The van der Waals surface area contributed by atoms with Gasteiger partial charge in [0.15, 0.2) is 4.80 Å². The van der Waals surface area contributed by atoms with E-state index < -0.39 is 12.0 Å². The van der Waals surface area contributed by atoms with Gasteiger partial charge in [-0.05, 0) is 65.0 Å². The number of benzene rings is 2. The number of para-hydroxylation sites is 1. The van der Waals surface area contributed by atoms with Crippen molar-refractivity contribution >= 4 is 39.3 Å². The highest BCUT2D eigenvalue weighted by molar-refractivity contribution is 9.10. The van der Waals surface area contributed by atoms with Gasteiger partial charge in [-0.1, -0.05) is 45.5 Å². The fraction of sp³-hybridized carbons (Fsp3) is 0.321. The summed E-state index contributed by atoms with van der Waals surface area (Å²) in [5, 5.41) is 0. The number of allylic oxidation sites excluding steroid dienone is 1. The Morgan fingerprint density at radius 3 is 2.62 bits per heavy atom. The minimum Gasteiger partial charge on any atom is -0.493 e. The van der Waals surface area contributed by atoms with Crippen molar-refractivity contribution in [3.8, 4) is 11.5 Å². The van der Waals surface area contributed by atoms with Gasteiger partial charge < -0.3 is 14.2 Å². The lowest BCUT2D eigenvalue weighted by Gasteiger charge is -2.26. The van der Waals surface area contributed by atoms with Crippen LogP contribution in [0, 0.1) is 0 Å². The average Bonchev–Trinajstić information content (AvgIpc) is 3.14. The van der Waals surface area contributed by atoms with E-state index in [0.717, 1.165) is 10.0 Å². The summed E-state index contributed by atoms with van der Waals surface area (Å²) in [4.78, 5) is 32.3. The molecule has 194 valence electrons. The lowest BCUT2D eigenvalue weighted by atomic mass is 9.95. The Bertz CT molecular complexity index is 1540. The van der Waals surface area contributed by atoms with Crippen molar-refractivity contribution in [1.82, 2.24) is 4.57 Å². The maximum absolute atomic E-state index is 13.9. The number of esters is 1. The smallest absolute Gasteiger partial charge is 0.338 e. The van der Waals surface area contributed by atoms with E-state index in [9.17, 15) is 9.59 Å². The Labute approximate surface area is 227 Å². The van der Waals surface area contributed by atoms with Crippen molar-refractivity contribution < 1.29 is 19.0 Å². The molecule has 0 saturated heterocycles. The van der Waals surface area contributed by atoms with Gasteiger partial charge in [-0.15, -0.1) is 0 Å². The summed E-state index contributed by atoms with van der Waals surface area (Å²) < 4.78 is 20.2. The molecule has 3 aromatic rings. The van der Waals surface area contributed by atoms with Crippen LogP contribution in [0.2, 0.25) is 0 Å². The Hall–Kier alpha value is -3.17. The number of carbonyl (C=O) groups excluding carboxylic acids is 1. The minimum absolute atomic E-state index is 0.0957. The first-order valence-corrected chi connectivity index (χ1v) is 13.7. The van der Waals surface area contributed by atoms with E-state index >= 15 is 0 Å². The molecule has 9 heteroatoms. The Balaban J connectivity index is 1.99. The first kappa shape index (κ1) is 26.9. The van der Waals surface area contributed by atoms with E-state index in [4.69, 9.17) is 14.2 Å². The first-order chi connectivity index (χ1) is 17.7. The molecule has 0 saturated carbocycles. The molecule has 0 unspecified atom stereocenters. The predicted octanol–water partition coefficient (Wildman–Crippen LogP) is 4.75. The van der Waals surface area contributed by atoms with Crippen LogP contribution >= 0.6 is 27.3 Å². The molecule has 0 bridgehead atoms. The number of halogens is 1. The highest BCUT2D eigenvalue weighted by Gasteiger charge is 2.35. The molecule has 2 aromatic carbocycles. The minimum atomic E-state index is -0.749. The third kappa shape index (κ3) is 5.57. The van der Waals surface area contributed by atoms with E-state index in [1.54, 1.807) is 24.5 Å². The molecule has 1 atom stereocenters. The van der Waals surface area contributed by atoms with Gasteiger partial charge in [0.1, 0.15) is 17.5 Å². The molecule has 0 radical (unpaired) electrons. The maximum Gasteiger partial charge on any atom is 0.338 e. The van der Waals surface area contributed by atoms with E-state index in [-0.39, 0.29) is 18.3 Å². The fourth-order valence-corrected chi connectivity index (χ4v) is 5.63. The van der Waals surface area contributed by atoms with Crippen molar-refractivity contribution in [2.75, 3.05) is 13.2 Å². The van der Waals surface area contributed by atoms with Crippen molar-refractivity contribution in [1.29, 1.82) is 0 Å². The number of ether oxygens (including phenoxy) is 3. The molecule has 1 aliphatic rings. The second-order valence-electron chi connectivity index (χ2n) is 8.62. The van der Waals surface area contributed by atoms with Crippen LogP contribution in [0.5, 0.6) is 11.5 Å². The topological polar surface area (TPSA) is 79.1 Å². The van der Waals surface area contributed by atoms with Gasteiger partial charge >= 0.3 is 5.97 Å². The summed E-state index contributed by atoms with van der Waals surface area (Å²) in [5.74, 6) is 0.763. The molecule has 1 aliphatic heterocycles. The molecule has 7 nitrogen and oxygen atoms in total. The SMILES string of the molecule is CCOC(=O)C1=C(C)N=c2s/c(=C\c3cc(Br)ccc3OCC)c(=O)n2[C@@H]1c1ccccc1OC(C)C. The van der Waals surface area contributed by atoms with E-state index in [1.165, 1.54) is 11.3 Å². The van der Waals surface area contributed by atoms with Gasteiger partial charge in [0.05, 0.1) is 35.1 Å². The summed E-state index contributed by atoms with van der Waals surface area (Å²) in [5.41, 5.74) is 2.03. The molecule has 0 spiro atoms. The molecule has 37 heavy (non-hydrogen) atoms.